The molecule has 1 aromatic carbocycles. The van der Waals surface area contributed by atoms with Gasteiger partial charge >= 0.3 is 0 Å². The molecule has 1 unspecified atom stereocenters. The van der Waals surface area contributed by atoms with Crippen molar-refractivity contribution in [2.75, 3.05) is 43.1 Å². The molecule has 1 heterocycles. The monoisotopic (exact) mass is 414 g/mol. The van der Waals surface area contributed by atoms with Gasteiger partial charge in [0.15, 0.2) is 0 Å². The number of halogens is 1. The van der Waals surface area contributed by atoms with Crippen molar-refractivity contribution in [3.63, 3.8) is 0 Å². The molecule has 5 nitrogen and oxygen atoms in total. The highest BCUT2D eigenvalue weighted by atomic mass is 79.9. The number of rotatable bonds is 8. The van der Waals surface area contributed by atoms with Crippen LogP contribution >= 0.6 is 27.7 Å². The summed E-state index contributed by atoms with van der Waals surface area (Å²) in [4.78, 5) is 26.1. The Kier molecular flexibility index (Phi) is 8.08. The topological polar surface area (TPSA) is 58.6 Å². The Labute approximate surface area is 155 Å². The van der Waals surface area contributed by atoms with Gasteiger partial charge < -0.3 is 15.0 Å². The summed E-state index contributed by atoms with van der Waals surface area (Å²) in [5, 5.41) is 2.83. The average Bonchev–Trinajstić information content (AvgIpc) is 3.05. The molecule has 1 fully saturated rings. The van der Waals surface area contributed by atoms with Crippen molar-refractivity contribution in [2.24, 2.45) is 5.92 Å². The third kappa shape index (κ3) is 6.45. The molecule has 0 bridgehead atoms. The van der Waals surface area contributed by atoms with Gasteiger partial charge in [-0.25, -0.2) is 0 Å². The van der Waals surface area contributed by atoms with E-state index in [1.807, 2.05) is 36.1 Å². The van der Waals surface area contributed by atoms with Crippen LogP contribution in [0.3, 0.4) is 0 Å². The van der Waals surface area contributed by atoms with Crippen LogP contribution in [-0.2, 0) is 14.3 Å². The van der Waals surface area contributed by atoms with Crippen molar-refractivity contribution < 1.29 is 14.3 Å². The molecule has 7 heteroatoms. The van der Waals surface area contributed by atoms with Gasteiger partial charge in [0.05, 0.1) is 18.1 Å². The third-order valence-corrected chi connectivity index (χ3v) is 5.21. The van der Waals surface area contributed by atoms with E-state index >= 15 is 0 Å². The van der Waals surface area contributed by atoms with Gasteiger partial charge in [0.2, 0.25) is 11.8 Å². The van der Waals surface area contributed by atoms with Crippen LogP contribution in [0.1, 0.15) is 13.3 Å². The Morgan fingerprint density at radius 1 is 1.42 bits per heavy atom. The molecule has 1 atom stereocenters. The zero-order valence-electron chi connectivity index (χ0n) is 13.8. The van der Waals surface area contributed by atoms with Crippen LogP contribution < -0.4 is 5.32 Å². The summed E-state index contributed by atoms with van der Waals surface area (Å²) in [5.41, 5.74) is 0.748. The molecule has 1 N–H and O–H groups in total. The Morgan fingerprint density at radius 3 is 2.92 bits per heavy atom. The minimum Gasteiger partial charge on any atom is -0.381 e. The first kappa shape index (κ1) is 19.3. The van der Waals surface area contributed by atoms with E-state index in [1.165, 1.54) is 11.8 Å². The second kappa shape index (κ2) is 10.1. The quantitative estimate of drug-likeness (QED) is 0.709. The molecule has 2 rings (SSSR count). The normalized spacial score (nSPS) is 16.8. The summed E-state index contributed by atoms with van der Waals surface area (Å²) >= 11 is 4.72. The molecule has 132 valence electrons. The molecule has 1 aromatic rings. The fourth-order valence-electron chi connectivity index (χ4n) is 2.53. The fourth-order valence-corrected chi connectivity index (χ4v) is 3.65. The molecule has 0 radical (unpaired) electrons. The Morgan fingerprint density at radius 2 is 2.25 bits per heavy atom. The molecule has 0 aromatic heterocycles. The van der Waals surface area contributed by atoms with Gasteiger partial charge in [-0.05, 0) is 31.5 Å². The molecule has 0 saturated carbocycles. The number of carbonyl (C=O) groups excluding carboxylic acids is 2. The first-order valence-corrected chi connectivity index (χ1v) is 10.0. The van der Waals surface area contributed by atoms with Crippen molar-refractivity contribution in [2.45, 2.75) is 13.3 Å². The molecule has 1 saturated heterocycles. The van der Waals surface area contributed by atoms with Gasteiger partial charge in [0.1, 0.15) is 0 Å². The number of thioether (sulfide) groups is 1. The van der Waals surface area contributed by atoms with Crippen molar-refractivity contribution in [1.82, 2.24) is 4.90 Å². The van der Waals surface area contributed by atoms with Crippen LogP contribution in [0.2, 0.25) is 0 Å². The smallest absolute Gasteiger partial charge is 0.234 e. The summed E-state index contributed by atoms with van der Waals surface area (Å²) in [6.45, 7) is 4.96. The van der Waals surface area contributed by atoms with Crippen LogP contribution in [0, 0.1) is 5.92 Å². The number of anilines is 1. The Balaban J connectivity index is 1.69. The SMILES string of the molecule is CCN(CC1CCOC1)C(=O)CSCC(=O)Nc1cccc(Br)c1. The summed E-state index contributed by atoms with van der Waals surface area (Å²) in [6, 6.07) is 7.44. The zero-order chi connectivity index (χ0) is 17.4. The largest absolute Gasteiger partial charge is 0.381 e. The van der Waals surface area contributed by atoms with Crippen LogP contribution in [0.15, 0.2) is 28.7 Å². The van der Waals surface area contributed by atoms with Crippen LogP contribution in [0.4, 0.5) is 5.69 Å². The van der Waals surface area contributed by atoms with Crippen molar-refractivity contribution >= 4 is 45.2 Å². The Bertz CT molecular complexity index is 565. The maximum absolute atomic E-state index is 12.3. The van der Waals surface area contributed by atoms with Crippen LogP contribution in [0.25, 0.3) is 0 Å². The van der Waals surface area contributed by atoms with E-state index in [-0.39, 0.29) is 17.6 Å². The van der Waals surface area contributed by atoms with E-state index in [1.54, 1.807) is 0 Å². The van der Waals surface area contributed by atoms with E-state index < -0.39 is 0 Å². The molecule has 0 aliphatic carbocycles. The highest BCUT2D eigenvalue weighted by Crippen LogP contribution is 2.17. The maximum atomic E-state index is 12.3. The van der Waals surface area contributed by atoms with Crippen molar-refractivity contribution in [1.29, 1.82) is 0 Å². The molecule has 1 aliphatic heterocycles. The second-order valence-corrected chi connectivity index (χ2v) is 7.61. The van der Waals surface area contributed by atoms with E-state index in [9.17, 15) is 9.59 Å². The number of amides is 2. The lowest BCUT2D eigenvalue weighted by molar-refractivity contribution is -0.128. The minimum atomic E-state index is -0.0989. The number of hydrogen-bond donors (Lipinski definition) is 1. The summed E-state index contributed by atoms with van der Waals surface area (Å²) in [5.74, 6) is 1.02. The highest BCUT2D eigenvalue weighted by Gasteiger charge is 2.21. The molecule has 2 amide bonds. The lowest BCUT2D eigenvalue weighted by Gasteiger charge is -2.23. The number of nitrogens with zero attached hydrogens (tertiary/aromatic N) is 1. The van der Waals surface area contributed by atoms with Gasteiger partial charge in [-0.3, -0.25) is 9.59 Å². The highest BCUT2D eigenvalue weighted by molar-refractivity contribution is 9.10. The summed E-state index contributed by atoms with van der Waals surface area (Å²) < 4.78 is 6.27. The molecular weight excluding hydrogens is 392 g/mol. The maximum Gasteiger partial charge on any atom is 0.234 e. The van der Waals surface area contributed by atoms with Gasteiger partial charge in [-0.15, -0.1) is 11.8 Å². The van der Waals surface area contributed by atoms with Gasteiger partial charge in [-0.2, -0.15) is 0 Å². The number of benzene rings is 1. The van der Waals surface area contributed by atoms with E-state index in [2.05, 4.69) is 21.2 Å². The molecule has 0 spiro atoms. The summed E-state index contributed by atoms with van der Waals surface area (Å²) in [6.07, 6.45) is 1.02. The molecule has 24 heavy (non-hydrogen) atoms. The standard InChI is InChI=1S/C17H23BrN2O3S/c1-2-20(9-13-6-7-23-10-13)17(22)12-24-11-16(21)19-15-5-3-4-14(18)8-15/h3-5,8,13H,2,6-7,9-12H2,1H3,(H,19,21). The van der Waals surface area contributed by atoms with E-state index in [0.717, 1.165) is 36.3 Å². The first-order valence-electron chi connectivity index (χ1n) is 8.07. The minimum absolute atomic E-state index is 0.0876. The predicted molar refractivity (Wildman–Crippen MR) is 101 cm³/mol. The summed E-state index contributed by atoms with van der Waals surface area (Å²) in [7, 11) is 0. The molecular formula is C17H23BrN2O3S. The second-order valence-electron chi connectivity index (χ2n) is 5.71. The fraction of sp³-hybridized carbons (Fsp3) is 0.529. The third-order valence-electron chi connectivity index (χ3n) is 3.80. The lowest BCUT2D eigenvalue weighted by Crippen LogP contribution is -2.36. The average molecular weight is 415 g/mol. The van der Waals surface area contributed by atoms with Crippen LogP contribution in [0.5, 0.6) is 0 Å². The zero-order valence-corrected chi connectivity index (χ0v) is 16.2. The first-order chi connectivity index (χ1) is 11.6. The van der Waals surface area contributed by atoms with Crippen molar-refractivity contribution in [3.05, 3.63) is 28.7 Å². The van der Waals surface area contributed by atoms with E-state index in [0.29, 0.717) is 18.2 Å². The number of carbonyl (C=O) groups is 2. The number of ether oxygens (including phenoxy) is 1. The van der Waals surface area contributed by atoms with Gasteiger partial charge in [0.25, 0.3) is 0 Å². The lowest BCUT2D eigenvalue weighted by atomic mass is 10.1. The van der Waals surface area contributed by atoms with Crippen LogP contribution in [-0.4, -0.2) is 54.5 Å². The van der Waals surface area contributed by atoms with Crippen molar-refractivity contribution in [3.8, 4) is 0 Å². The van der Waals surface area contributed by atoms with E-state index in [4.69, 9.17) is 4.74 Å². The predicted octanol–water partition coefficient (Wildman–Crippen LogP) is 3.01. The Hall–Kier alpha value is -1.05. The van der Waals surface area contributed by atoms with Gasteiger partial charge in [0, 0.05) is 35.8 Å². The number of nitrogens with one attached hydrogen (secondary N) is 1. The number of hydrogen-bond acceptors (Lipinski definition) is 4. The molecule has 1 aliphatic rings. The van der Waals surface area contributed by atoms with Gasteiger partial charge in [-0.1, -0.05) is 22.0 Å².